The third-order valence-electron chi connectivity index (χ3n) is 6.35. The van der Waals surface area contributed by atoms with Crippen molar-refractivity contribution < 1.29 is 24.3 Å². The van der Waals surface area contributed by atoms with E-state index in [0.29, 0.717) is 11.5 Å². The molecule has 0 aromatic heterocycles. The molecule has 1 aliphatic heterocycles. The number of nitrogens with one attached hydrogen (secondary N) is 1. The number of hydrogen-bond donors (Lipinski definition) is 4. The van der Waals surface area contributed by atoms with Gasteiger partial charge >= 0.3 is 5.97 Å². The van der Waals surface area contributed by atoms with Gasteiger partial charge in [0.15, 0.2) is 0 Å². The molecule has 0 saturated carbocycles. The first-order chi connectivity index (χ1) is 17.0. The molecule has 1 heterocycles. The summed E-state index contributed by atoms with van der Waals surface area (Å²) in [5.74, 6) is -1.62. The van der Waals surface area contributed by atoms with Crippen molar-refractivity contribution in [3.8, 4) is 0 Å². The van der Waals surface area contributed by atoms with Crippen LogP contribution in [0.3, 0.4) is 0 Å². The number of thioether (sulfide) groups is 1. The topological polar surface area (TPSA) is 133 Å². The third kappa shape index (κ3) is 7.63. The standard InChI is InChI=1S/C25H38N4O5S2/c1-15(2)22(28(16(3)30)13-19(26)14-35)24(32)29-12-18-8-6-5-7-17(18)11-21(29)23(31)27-20(25(33)34)9-10-36-4/h5-8,15,19-22,35H,9-14,26H2,1-4H3,(H,27,31)(H,33,34)/t19?,20-,21+,22-/m0/s1. The van der Waals surface area contributed by atoms with Crippen LogP contribution in [0.2, 0.25) is 0 Å². The lowest BCUT2D eigenvalue weighted by Crippen LogP contribution is -2.61. The van der Waals surface area contributed by atoms with E-state index in [1.165, 1.54) is 28.5 Å². The third-order valence-corrected chi connectivity index (χ3v) is 7.46. The minimum atomic E-state index is -1.12. The molecule has 0 fully saturated rings. The van der Waals surface area contributed by atoms with E-state index >= 15 is 0 Å². The second kappa shape index (κ2) is 13.9. The van der Waals surface area contributed by atoms with E-state index in [-0.39, 0.29) is 43.7 Å². The van der Waals surface area contributed by atoms with E-state index in [0.717, 1.165) is 11.1 Å². The lowest BCUT2D eigenvalue weighted by atomic mass is 9.91. The van der Waals surface area contributed by atoms with Crippen molar-refractivity contribution in [2.75, 3.05) is 24.3 Å². The summed E-state index contributed by atoms with van der Waals surface area (Å²) in [6, 6.07) is 4.36. The summed E-state index contributed by atoms with van der Waals surface area (Å²) in [5, 5.41) is 12.3. The highest BCUT2D eigenvalue weighted by Gasteiger charge is 2.42. The molecule has 0 aliphatic carbocycles. The Hall–Kier alpha value is -2.24. The zero-order valence-electron chi connectivity index (χ0n) is 21.3. The summed E-state index contributed by atoms with van der Waals surface area (Å²) in [6.45, 7) is 5.43. The van der Waals surface area contributed by atoms with Gasteiger partial charge in [-0.1, -0.05) is 38.1 Å². The molecule has 1 aliphatic rings. The van der Waals surface area contributed by atoms with Crippen molar-refractivity contribution in [1.29, 1.82) is 0 Å². The van der Waals surface area contributed by atoms with Gasteiger partial charge in [0.25, 0.3) is 0 Å². The average Bonchev–Trinajstić information content (AvgIpc) is 2.84. The van der Waals surface area contributed by atoms with Gasteiger partial charge in [-0.25, -0.2) is 4.79 Å². The summed E-state index contributed by atoms with van der Waals surface area (Å²) in [5.41, 5.74) is 7.92. The number of nitrogens with two attached hydrogens (primary N) is 1. The number of carboxylic acid groups (broad SMARTS) is 1. The maximum Gasteiger partial charge on any atom is 0.326 e. The largest absolute Gasteiger partial charge is 0.480 e. The number of aliphatic carboxylic acids is 1. The highest BCUT2D eigenvalue weighted by atomic mass is 32.2. The van der Waals surface area contributed by atoms with Crippen LogP contribution in [0.25, 0.3) is 0 Å². The molecule has 0 radical (unpaired) electrons. The molecule has 4 atom stereocenters. The number of benzene rings is 1. The molecule has 3 amide bonds. The summed E-state index contributed by atoms with van der Waals surface area (Å²) >= 11 is 5.71. The predicted molar refractivity (Wildman–Crippen MR) is 145 cm³/mol. The van der Waals surface area contributed by atoms with Crippen molar-refractivity contribution in [1.82, 2.24) is 15.1 Å². The number of rotatable bonds is 12. The van der Waals surface area contributed by atoms with Gasteiger partial charge < -0.3 is 26.0 Å². The van der Waals surface area contributed by atoms with Crippen LogP contribution in [-0.2, 0) is 32.1 Å². The quantitative estimate of drug-likeness (QED) is 0.296. The van der Waals surface area contributed by atoms with Gasteiger partial charge in [0.05, 0.1) is 0 Å². The summed E-state index contributed by atoms with van der Waals surface area (Å²) in [6.07, 6.45) is 2.39. The fraction of sp³-hybridized carbons (Fsp3) is 0.600. The molecular formula is C25H38N4O5S2. The summed E-state index contributed by atoms with van der Waals surface area (Å²) < 4.78 is 0. The molecule has 0 bridgehead atoms. The fourth-order valence-corrected chi connectivity index (χ4v) is 5.03. The van der Waals surface area contributed by atoms with Gasteiger partial charge in [-0.15, -0.1) is 0 Å². The molecule has 2 rings (SSSR count). The highest BCUT2D eigenvalue weighted by Crippen LogP contribution is 2.27. The summed E-state index contributed by atoms with van der Waals surface area (Å²) in [7, 11) is 0. The van der Waals surface area contributed by atoms with Crippen LogP contribution in [0, 0.1) is 5.92 Å². The first-order valence-corrected chi connectivity index (χ1v) is 14.1. The number of carboxylic acids is 1. The minimum absolute atomic E-state index is 0.157. The normalized spacial score (nSPS) is 17.6. The first kappa shape index (κ1) is 30.0. The fourth-order valence-electron chi connectivity index (χ4n) is 4.45. The van der Waals surface area contributed by atoms with E-state index in [1.54, 1.807) is 0 Å². The van der Waals surface area contributed by atoms with Gasteiger partial charge in [0.2, 0.25) is 17.7 Å². The zero-order valence-corrected chi connectivity index (χ0v) is 23.1. The lowest BCUT2D eigenvalue weighted by molar-refractivity contribution is -0.153. The van der Waals surface area contributed by atoms with Gasteiger partial charge in [-0.05, 0) is 35.5 Å². The van der Waals surface area contributed by atoms with Crippen LogP contribution in [0.1, 0.15) is 38.3 Å². The maximum atomic E-state index is 14.0. The Morgan fingerprint density at radius 3 is 2.42 bits per heavy atom. The molecule has 36 heavy (non-hydrogen) atoms. The Morgan fingerprint density at radius 2 is 1.89 bits per heavy atom. The minimum Gasteiger partial charge on any atom is -0.480 e. The number of thiol groups is 1. The van der Waals surface area contributed by atoms with Crippen LogP contribution in [0.5, 0.6) is 0 Å². The van der Waals surface area contributed by atoms with Crippen LogP contribution < -0.4 is 11.1 Å². The molecule has 0 spiro atoms. The zero-order chi connectivity index (χ0) is 27.0. The number of hydrogen-bond acceptors (Lipinski definition) is 7. The van der Waals surface area contributed by atoms with E-state index < -0.39 is 36.0 Å². The molecule has 9 nitrogen and oxygen atoms in total. The smallest absolute Gasteiger partial charge is 0.326 e. The van der Waals surface area contributed by atoms with E-state index in [2.05, 4.69) is 17.9 Å². The van der Waals surface area contributed by atoms with Crippen LogP contribution in [0.4, 0.5) is 0 Å². The van der Waals surface area contributed by atoms with Crippen molar-refractivity contribution >= 4 is 48.1 Å². The molecule has 1 aromatic rings. The number of nitrogens with zero attached hydrogens (tertiary/aromatic N) is 2. The molecular weight excluding hydrogens is 500 g/mol. The predicted octanol–water partition coefficient (Wildman–Crippen LogP) is 1.39. The van der Waals surface area contributed by atoms with Crippen molar-refractivity contribution in [2.24, 2.45) is 11.7 Å². The Balaban J connectivity index is 2.44. The van der Waals surface area contributed by atoms with Gasteiger partial charge in [0.1, 0.15) is 18.1 Å². The van der Waals surface area contributed by atoms with Crippen molar-refractivity contribution in [2.45, 2.75) is 64.3 Å². The Labute approximate surface area is 222 Å². The van der Waals surface area contributed by atoms with Gasteiger partial charge in [-0.2, -0.15) is 24.4 Å². The number of fused-ring (bicyclic) bond motifs is 1. The van der Waals surface area contributed by atoms with E-state index in [4.69, 9.17) is 5.73 Å². The van der Waals surface area contributed by atoms with Gasteiger partial charge in [0, 0.05) is 38.2 Å². The molecule has 4 N–H and O–H groups in total. The van der Waals surface area contributed by atoms with Crippen LogP contribution in [-0.4, -0.2) is 87.1 Å². The van der Waals surface area contributed by atoms with Gasteiger partial charge in [-0.3, -0.25) is 14.4 Å². The molecule has 1 unspecified atom stereocenters. The first-order valence-electron chi connectivity index (χ1n) is 12.0. The van der Waals surface area contributed by atoms with Crippen molar-refractivity contribution in [3.63, 3.8) is 0 Å². The molecule has 1 aromatic carbocycles. The SMILES string of the molecule is CSCC[C@H](NC(=O)[C@H]1Cc2ccccc2CN1C(=O)[C@H](C(C)C)N(CC(N)CS)C(C)=O)C(=O)O. The van der Waals surface area contributed by atoms with E-state index in [9.17, 15) is 24.3 Å². The molecule has 200 valence electrons. The highest BCUT2D eigenvalue weighted by molar-refractivity contribution is 7.98. The molecule has 0 saturated heterocycles. The Kier molecular flexibility index (Phi) is 11.6. The second-order valence-electron chi connectivity index (χ2n) is 9.44. The average molecular weight is 539 g/mol. The lowest BCUT2D eigenvalue weighted by Gasteiger charge is -2.42. The number of carbonyl (C=O) groups excluding carboxylic acids is 3. The second-order valence-corrected chi connectivity index (χ2v) is 10.8. The van der Waals surface area contributed by atoms with Crippen molar-refractivity contribution in [3.05, 3.63) is 35.4 Å². The summed E-state index contributed by atoms with van der Waals surface area (Å²) in [4.78, 5) is 54.8. The molecule has 11 heteroatoms. The number of amides is 3. The Morgan fingerprint density at radius 1 is 1.25 bits per heavy atom. The monoisotopic (exact) mass is 538 g/mol. The Bertz CT molecular complexity index is 945. The van der Waals surface area contributed by atoms with E-state index in [1.807, 2.05) is 44.4 Å². The maximum absolute atomic E-state index is 14.0. The van der Waals surface area contributed by atoms with Crippen LogP contribution >= 0.6 is 24.4 Å². The number of carbonyl (C=O) groups is 4. The van der Waals surface area contributed by atoms with Crippen LogP contribution in [0.15, 0.2) is 24.3 Å².